The predicted octanol–water partition coefficient (Wildman–Crippen LogP) is 4.52. The van der Waals surface area contributed by atoms with Gasteiger partial charge in [-0.25, -0.2) is 4.79 Å². The zero-order valence-corrected chi connectivity index (χ0v) is 16.1. The van der Waals surface area contributed by atoms with Gasteiger partial charge in [0.05, 0.1) is 13.2 Å². The number of aromatic amines is 1. The lowest BCUT2D eigenvalue weighted by Crippen LogP contribution is -2.26. The molecule has 0 spiro atoms. The van der Waals surface area contributed by atoms with Crippen LogP contribution in [0.5, 0.6) is 0 Å². The minimum atomic E-state index is -0.411. The molecule has 0 aliphatic carbocycles. The summed E-state index contributed by atoms with van der Waals surface area (Å²) in [6.45, 7) is 3.90. The maximum Gasteiger partial charge on any atom is 0.407 e. The summed E-state index contributed by atoms with van der Waals surface area (Å²) in [5.74, 6) is 0. The van der Waals surface area contributed by atoms with Crippen LogP contribution in [0, 0.1) is 6.92 Å². The fraction of sp³-hybridized carbons (Fsp3) is 0.261. The molecule has 5 heteroatoms. The van der Waals surface area contributed by atoms with Gasteiger partial charge in [-0.3, -0.25) is 0 Å². The van der Waals surface area contributed by atoms with E-state index in [0.717, 1.165) is 17.5 Å². The maximum atomic E-state index is 11.8. The van der Waals surface area contributed by atoms with E-state index in [4.69, 9.17) is 9.47 Å². The van der Waals surface area contributed by atoms with Crippen LogP contribution in [0.4, 0.5) is 4.79 Å². The summed E-state index contributed by atoms with van der Waals surface area (Å²) in [6.07, 6.45) is 5.98. The Balaban J connectivity index is 1.29. The van der Waals surface area contributed by atoms with Crippen LogP contribution >= 0.6 is 0 Å². The average molecular weight is 378 g/mol. The number of benzene rings is 2. The van der Waals surface area contributed by atoms with Gasteiger partial charge in [0, 0.05) is 23.6 Å². The topological polar surface area (TPSA) is 63.4 Å². The monoisotopic (exact) mass is 378 g/mol. The van der Waals surface area contributed by atoms with Crippen LogP contribution in [-0.4, -0.2) is 30.8 Å². The average Bonchev–Trinajstić information content (AvgIpc) is 3.12. The smallest absolute Gasteiger partial charge is 0.407 e. The van der Waals surface area contributed by atoms with Crippen molar-refractivity contribution >= 4 is 17.0 Å². The number of alkyl carbamates (subject to hydrolysis) is 1. The van der Waals surface area contributed by atoms with Crippen LogP contribution in [0.15, 0.2) is 66.9 Å². The molecule has 0 unspecified atom stereocenters. The SMILES string of the molecule is Cc1cccc2c(CCNC(=O)OCC=CCOCc3ccccc3)c[nH]c12. The van der Waals surface area contributed by atoms with Gasteiger partial charge in [0.1, 0.15) is 6.61 Å². The first kappa shape index (κ1) is 19.7. The van der Waals surface area contributed by atoms with Crippen LogP contribution in [0.1, 0.15) is 16.7 Å². The highest BCUT2D eigenvalue weighted by atomic mass is 16.5. The van der Waals surface area contributed by atoms with Crippen molar-refractivity contribution in [1.82, 2.24) is 10.3 Å². The molecular formula is C23H26N2O3. The third-order valence-electron chi connectivity index (χ3n) is 4.48. The van der Waals surface area contributed by atoms with Gasteiger partial charge in [0.25, 0.3) is 0 Å². The number of carbonyl (C=O) groups excluding carboxylic acids is 1. The van der Waals surface area contributed by atoms with Gasteiger partial charge in [-0.05, 0) is 36.1 Å². The van der Waals surface area contributed by atoms with Gasteiger partial charge in [-0.2, -0.15) is 0 Å². The van der Waals surface area contributed by atoms with Crippen molar-refractivity contribution in [2.75, 3.05) is 19.8 Å². The lowest BCUT2D eigenvalue weighted by atomic mass is 10.1. The molecule has 0 bridgehead atoms. The molecule has 0 saturated carbocycles. The first-order valence-corrected chi connectivity index (χ1v) is 9.47. The second-order valence-corrected chi connectivity index (χ2v) is 6.56. The van der Waals surface area contributed by atoms with E-state index in [2.05, 4.69) is 29.4 Å². The molecular weight excluding hydrogens is 352 g/mol. The number of hydrogen-bond donors (Lipinski definition) is 2. The van der Waals surface area contributed by atoms with Crippen molar-refractivity contribution in [1.29, 1.82) is 0 Å². The Morgan fingerprint density at radius 2 is 1.89 bits per heavy atom. The summed E-state index contributed by atoms with van der Waals surface area (Å²) < 4.78 is 10.7. The summed E-state index contributed by atoms with van der Waals surface area (Å²) in [7, 11) is 0. The molecule has 3 aromatic rings. The van der Waals surface area contributed by atoms with E-state index in [0.29, 0.717) is 19.8 Å². The highest BCUT2D eigenvalue weighted by Crippen LogP contribution is 2.21. The Kier molecular flexibility index (Phi) is 7.27. The maximum absolute atomic E-state index is 11.8. The lowest BCUT2D eigenvalue weighted by molar-refractivity contribution is 0.146. The number of carbonyl (C=O) groups is 1. The molecule has 5 nitrogen and oxygen atoms in total. The molecule has 3 rings (SSSR count). The highest BCUT2D eigenvalue weighted by molar-refractivity contribution is 5.85. The Hall–Kier alpha value is -3.05. The van der Waals surface area contributed by atoms with Crippen LogP contribution in [0.2, 0.25) is 0 Å². The summed E-state index contributed by atoms with van der Waals surface area (Å²) in [5, 5.41) is 3.99. The first-order chi connectivity index (χ1) is 13.7. The van der Waals surface area contributed by atoms with Gasteiger partial charge < -0.3 is 19.8 Å². The highest BCUT2D eigenvalue weighted by Gasteiger charge is 2.06. The standard InChI is InChI=1S/C23H26N2O3/c1-18-8-7-11-21-20(16-25-22(18)21)12-13-24-23(26)28-15-6-5-14-27-17-19-9-3-2-4-10-19/h2-11,16,25H,12-15,17H2,1H3,(H,24,26). The van der Waals surface area contributed by atoms with Crippen LogP contribution in [0.25, 0.3) is 10.9 Å². The number of nitrogens with one attached hydrogen (secondary N) is 2. The van der Waals surface area contributed by atoms with Crippen molar-refractivity contribution in [2.45, 2.75) is 20.0 Å². The Morgan fingerprint density at radius 1 is 1.07 bits per heavy atom. The van der Waals surface area contributed by atoms with Gasteiger partial charge in [0.15, 0.2) is 0 Å². The van der Waals surface area contributed by atoms with Crippen molar-refractivity contribution in [3.05, 3.63) is 83.6 Å². The zero-order chi connectivity index (χ0) is 19.6. The fourth-order valence-electron chi connectivity index (χ4n) is 3.00. The van der Waals surface area contributed by atoms with Crippen LogP contribution in [-0.2, 0) is 22.5 Å². The molecule has 0 saturated heterocycles. The largest absolute Gasteiger partial charge is 0.445 e. The summed E-state index contributed by atoms with van der Waals surface area (Å²) >= 11 is 0. The molecule has 0 atom stereocenters. The van der Waals surface area contributed by atoms with Crippen molar-refractivity contribution in [2.24, 2.45) is 0 Å². The molecule has 0 radical (unpaired) electrons. The Bertz CT molecular complexity index is 916. The quantitative estimate of drug-likeness (QED) is 0.425. The van der Waals surface area contributed by atoms with E-state index in [9.17, 15) is 4.79 Å². The summed E-state index contributed by atoms with van der Waals surface area (Å²) in [4.78, 5) is 15.1. The van der Waals surface area contributed by atoms with Crippen molar-refractivity contribution in [3.63, 3.8) is 0 Å². The molecule has 0 aliphatic heterocycles. The predicted molar refractivity (Wildman–Crippen MR) is 111 cm³/mol. The third kappa shape index (κ3) is 5.72. The lowest BCUT2D eigenvalue weighted by Gasteiger charge is -2.05. The number of ether oxygens (including phenoxy) is 2. The summed E-state index contributed by atoms with van der Waals surface area (Å²) in [5.41, 5.74) is 4.70. The number of para-hydroxylation sites is 1. The molecule has 1 amide bonds. The molecule has 0 fully saturated rings. The zero-order valence-electron chi connectivity index (χ0n) is 16.1. The number of H-pyrrole nitrogens is 1. The molecule has 0 aliphatic rings. The Morgan fingerprint density at radius 3 is 2.75 bits per heavy atom. The number of aromatic nitrogens is 1. The number of hydrogen-bond acceptors (Lipinski definition) is 3. The van der Waals surface area contributed by atoms with Gasteiger partial charge in [-0.15, -0.1) is 0 Å². The summed E-state index contributed by atoms with van der Waals surface area (Å²) in [6, 6.07) is 16.2. The number of amides is 1. The minimum absolute atomic E-state index is 0.229. The number of rotatable bonds is 9. The fourth-order valence-corrected chi connectivity index (χ4v) is 3.00. The molecule has 146 valence electrons. The van der Waals surface area contributed by atoms with Gasteiger partial charge >= 0.3 is 6.09 Å². The molecule has 1 aromatic heterocycles. The van der Waals surface area contributed by atoms with Gasteiger partial charge in [0.2, 0.25) is 0 Å². The van der Waals surface area contributed by atoms with Crippen molar-refractivity contribution < 1.29 is 14.3 Å². The van der Waals surface area contributed by atoms with E-state index in [-0.39, 0.29) is 6.61 Å². The minimum Gasteiger partial charge on any atom is -0.445 e. The second kappa shape index (κ2) is 10.3. The van der Waals surface area contributed by atoms with Crippen LogP contribution in [0.3, 0.4) is 0 Å². The van der Waals surface area contributed by atoms with E-state index in [1.54, 1.807) is 6.08 Å². The Labute approximate surface area is 165 Å². The van der Waals surface area contributed by atoms with E-state index in [1.165, 1.54) is 16.5 Å². The van der Waals surface area contributed by atoms with Crippen molar-refractivity contribution in [3.8, 4) is 0 Å². The second-order valence-electron chi connectivity index (χ2n) is 6.56. The normalized spacial score (nSPS) is 11.2. The first-order valence-electron chi connectivity index (χ1n) is 9.47. The molecule has 2 aromatic carbocycles. The van der Waals surface area contributed by atoms with E-state index in [1.807, 2.05) is 48.7 Å². The number of fused-ring (bicyclic) bond motifs is 1. The number of aryl methyl sites for hydroxylation is 1. The molecule has 2 N–H and O–H groups in total. The molecule has 1 heterocycles. The van der Waals surface area contributed by atoms with Gasteiger partial charge in [-0.1, -0.05) is 54.6 Å². The molecule has 28 heavy (non-hydrogen) atoms. The van der Waals surface area contributed by atoms with E-state index < -0.39 is 6.09 Å². The van der Waals surface area contributed by atoms with Crippen LogP contribution < -0.4 is 5.32 Å². The van der Waals surface area contributed by atoms with E-state index >= 15 is 0 Å². The third-order valence-corrected chi connectivity index (χ3v) is 4.48.